The third-order valence-electron chi connectivity index (χ3n) is 5.95. The summed E-state index contributed by atoms with van der Waals surface area (Å²) in [5, 5.41) is 3.03. The van der Waals surface area contributed by atoms with Crippen LogP contribution in [-0.2, 0) is 20.9 Å². The highest BCUT2D eigenvalue weighted by molar-refractivity contribution is 5.77. The number of amides is 1. The Bertz CT molecular complexity index is 843. The normalized spacial score (nSPS) is 11.8. The van der Waals surface area contributed by atoms with Crippen molar-refractivity contribution in [3.63, 3.8) is 0 Å². The Morgan fingerprint density at radius 3 is 2.09 bits per heavy atom. The summed E-state index contributed by atoms with van der Waals surface area (Å²) in [6, 6.07) is 19.8. The first-order valence-corrected chi connectivity index (χ1v) is 12.8. The monoisotopic (exact) mass is 481 g/mol. The number of para-hydroxylation sites is 1. The molecule has 6 heteroatoms. The summed E-state index contributed by atoms with van der Waals surface area (Å²) in [6.07, 6.45) is 7.34. The van der Waals surface area contributed by atoms with E-state index in [0.29, 0.717) is 13.0 Å². The molecule has 1 amide bonds. The number of likely N-dealkylation sites (N-methyl/N-ethyl adjacent to an activating group) is 1. The van der Waals surface area contributed by atoms with E-state index < -0.39 is 0 Å². The lowest BCUT2D eigenvalue weighted by atomic mass is 10.1. The van der Waals surface area contributed by atoms with Crippen LogP contribution in [0.4, 0.5) is 5.69 Å². The Balaban J connectivity index is 1.56. The van der Waals surface area contributed by atoms with E-state index in [0.717, 1.165) is 31.4 Å². The molecule has 2 rings (SSSR count). The number of nitrogens with zero attached hydrogens (tertiary/aromatic N) is 2. The van der Waals surface area contributed by atoms with Crippen molar-refractivity contribution in [2.24, 2.45) is 0 Å². The smallest absolute Gasteiger partial charge is 0.308 e. The molecule has 1 atom stereocenters. The minimum atomic E-state index is -0.293. The van der Waals surface area contributed by atoms with Crippen molar-refractivity contribution in [3.05, 3.63) is 66.2 Å². The van der Waals surface area contributed by atoms with E-state index in [1.165, 1.54) is 24.9 Å². The van der Waals surface area contributed by atoms with Gasteiger partial charge in [0, 0.05) is 32.2 Å². The Kier molecular flexibility index (Phi) is 13.6. The lowest BCUT2D eigenvalue weighted by Gasteiger charge is -2.22. The van der Waals surface area contributed by atoms with E-state index in [1.807, 2.05) is 55.4 Å². The molecule has 1 N–H and O–H groups in total. The third kappa shape index (κ3) is 13.0. The van der Waals surface area contributed by atoms with Gasteiger partial charge in [-0.1, -0.05) is 74.2 Å². The SMILES string of the molecule is CN(C)CC(CC(=O)OCc1ccccc1)NC(=O)CCCCCCCCN(C)c1ccccc1. The molecule has 0 aliphatic rings. The number of rotatable bonds is 17. The van der Waals surface area contributed by atoms with Gasteiger partial charge < -0.3 is 19.9 Å². The van der Waals surface area contributed by atoms with Crippen LogP contribution in [-0.4, -0.2) is 57.1 Å². The first-order valence-electron chi connectivity index (χ1n) is 12.8. The van der Waals surface area contributed by atoms with Gasteiger partial charge in [-0.3, -0.25) is 9.59 Å². The second-order valence-corrected chi connectivity index (χ2v) is 9.51. The number of benzene rings is 2. The zero-order chi connectivity index (χ0) is 25.3. The van der Waals surface area contributed by atoms with Gasteiger partial charge in [0.25, 0.3) is 0 Å². The summed E-state index contributed by atoms with van der Waals surface area (Å²) >= 11 is 0. The number of carbonyl (C=O) groups excluding carboxylic acids is 2. The summed E-state index contributed by atoms with van der Waals surface area (Å²) in [5.41, 5.74) is 2.22. The molecular formula is C29H43N3O3. The minimum absolute atomic E-state index is 0.0113. The van der Waals surface area contributed by atoms with Crippen molar-refractivity contribution in [3.8, 4) is 0 Å². The molecule has 0 radical (unpaired) electrons. The molecule has 0 bridgehead atoms. The molecule has 6 nitrogen and oxygen atoms in total. The van der Waals surface area contributed by atoms with E-state index in [4.69, 9.17) is 4.74 Å². The summed E-state index contributed by atoms with van der Waals surface area (Å²) < 4.78 is 5.40. The topological polar surface area (TPSA) is 61.9 Å². The largest absolute Gasteiger partial charge is 0.461 e. The maximum absolute atomic E-state index is 12.5. The van der Waals surface area contributed by atoms with Crippen LogP contribution in [0.15, 0.2) is 60.7 Å². The van der Waals surface area contributed by atoms with Gasteiger partial charge in [0.05, 0.1) is 12.5 Å². The summed E-state index contributed by atoms with van der Waals surface area (Å²) in [4.78, 5) is 29.0. The summed E-state index contributed by atoms with van der Waals surface area (Å²) in [5.74, 6) is -0.281. The molecule has 192 valence electrons. The summed E-state index contributed by atoms with van der Waals surface area (Å²) in [7, 11) is 6.01. The van der Waals surface area contributed by atoms with Crippen molar-refractivity contribution < 1.29 is 14.3 Å². The molecule has 0 saturated carbocycles. The molecule has 0 saturated heterocycles. The molecule has 0 spiro atoms. The number of carbonyl (C=O) groups is 2. The quantitative estimate of drug-likeness (QED) is 0.254. The van der Waals surface area contributed by atoms with E-state index >= 15 is 0 Å². The Labute approximate surface area is 211 Å². The van der Waals surface area contributed by atoms with Crippen LogP contribution >= 0.6 is 0 Å². The van der Waals surface area contributed by atoms with Crippen LogP contribution < -0.4 is 10.2 Å². The average Bonchev–Trinajstić information content (AvgIpc) is 2.85. The van der Waals surface area contributed by atoms with E-state index in [2.05, 4.69) is 41.5 Å². The summed E-state index contributed by atoms with van der Waals surface area (Å²) in [6.45, 7) is 1.92. The van der Waals surface area contributed by atoms with Crippen LogP contribution in [0.25, 0.3) is 0 Å². The predicted molar refractivity (Wildman–Crippen MR) is 143 cm³/mol. The van der Waals surface area contributed by atoms with Crippen LogP contribution in [0, 0.1) is 0 Å². The average molecular weight is 482 g/mol. The number of hydrogen-bond donors (Lipinski definition) is 1. The Hall–Kier alpha value is -2.86. The Morgan fingerprint density at radius 1 is 0.829 bits per heavy atom. The second kappa shape index (κ2) is 16.7. The number of hydrogen-bond acceptors (Lipinski definition) is 5. The fraction of sp³-hybridized carbons (Fsp3) is 0.517. The van der Waals surface area contributed by atoms with Gasteiger partial charge in [-0.2, -0.15) is 0 Å². The molecular weight excluding hydrogens is 438 g/mol. The van der Waals surface area contributed by atoms with Crippen LogP contribution in [0.1, 0.15) is 56.9 Å². The van der Waals surface area contributed by atoms with Gasteiger partial charge in [0.15, 0.2) is 0 Å². The van der Waals surface area contributed by atoms with Crippen molar-refractivity contribution in [2.75, 3.05) is 39.1 Å². The molecule has 0 aromatic heterocycles. The molecule has 35 heavy (non-hydrogen) atoms. The number of unbranched alkanes of at least 4 members (excludes halogenated alkanes) is 5. The molecule has 0 fully saturated rings. The Morgan fingerprint density at radius 2 is 1.43 bits per heavy atom. The van der Waals surface area contributed by atoms with Crippen LogP contribution in [0.3, 0.4) is 0 Å². The second-order valence-electron chi connectivity index (χ2n) is 9.51. The van der Waals surface area contributed by atoms with Crippen molar-refractivity contribution >= 4 is 17.6 Å². The van der Waals surface area contributed by atoms with Gasteiger partial charge in [-0.05, 0) is 44.6 Å². The lowest BCUT2D eigenvalue weighted by Crippen LogP contribution is -2.43. The third-order valence-corrected chi connectivity index (χ3v) is 5.95. The van der Waals surface area contributed by atoms with Gasteiger partial charge >= 0.3 is 5.97 Å². The highest BCUT2D eigenvalue weighted by atomic mass is 16.5. The maximum atomic E-state index is 12.5. The lowest BCUT2D eigenvalue weighted by molar-refractivity contribution is -0.145. The maximum Gasteiger partial charge on any atom is 0.308 e. The molecule has 2 aromatic rings. The predicted octanol–water partition coefficient (Wildman–Crippen LogP) is 5.03. The number of ether oxygens (including phenoxy) is 1. The molecule has 0 aliphatic carbocycles. The highest BCUT2D eigenvalue weighted by Gasteiger charge is 2.18. The van der Waals surface area contributed by atoms with Crippen molar-refractivity contribution in [1.29, 1.82) is 0 Å². The van der Waals surface area contributed by atoms with E-state index in [1.54, 1.807) is 0 Å². The van der Waals surface area contributed by atoms with Gasteiger partial charge in [0.2, 0.25) is 5.91 Å². The van der Waals surface area contributed by atoms with Crippen LogP contribution in [0.5, 0.6) is 0 Å². The van der Waals surface area contributed by atoms with Crippen LogP contribution in [0.2, 0.25) is 0 Å². The minimum Gasteiger partial charge on any atom is -0.461 e. The highest BCUT2D eigenvalue weighted by Crippen LogP contribution is 2.13. The van der Waals surface area contributed by atoms with Gasteiger partial charge in [0.1, 0.15) is 6.61 Å². The first kappa shape index (κ1) is 28.4. The molecule has 1 unspecified atom stereocenters. The molecule has 0 aliphatic heterocycles. The zero-order valence-electron chi connectivity index (χ0n) is 21.7. The number of anilines is 1. The van der Waals surface area contributed by atoms with Gasteiger partial charge in [-0.15, -0.1) is 0 Å². The van der Waals surface area contributed by atoms with Crippen molar-refractivity contribution in [2.45, 2.75) is 64.0 Å². The van der Waals surface area contributed by atoms with E-state index in [9.17, 15) is 9.59 Å². The standard InChI is InChI=1S/C29H43N3O3/c1-31(2)23-26(22-29(34)35-24-25-16-10-8-11-17-25)30-28(33)20-14-6-4-5-7-15-21-32(3)27-18-12-9-13-19-27/h8-13,16-19,26H,4-7,14-15,20-24H2,1-3H3,(H,30,33). The van der Waals surface area contributed by atoms with E-state index in [-0.39, 0.29) is 30.9 Å². The zero-order valence-corrected chi connectivity index (χ0v) is 21.7. The molecule has 2 aromatic carbocycles. The fourth-order valence-corrected chi connectivity index (χ4v) is 4.05. The fourth-order valence-electron chi connectivity index (χ4n) is 4.05. The number of nitrogens with one attached hydrogen (secondary N) is 1. The molecule has 0 heterocycles. The van der Waals surface area contributed by atoms with Crippen molar-refractivity contribution in [1.82, 2.24) is 10.2 Å². The number of esters is 1. The van der Waals surface area contributed by atoms with Gasteiger partial charge in [-0.25, -0.2) is 0 Å². The first-order chi connectivity index (χ1) is 16.9.